The highest BCUT2D eigenvalue weighted by Crippen LogP contribution is 2.22. The lowest BCUT2D eigenvalue weighted by molar-refractivity contribution is -0.124. The molecule has 1 aromatic carbocycles. The van der Waals surface area contributed by atoms with Crippen molar-refractivity contribution < 1.29 is 18.5 Å². The van der Waals surface area contributed by atoms with Crippen molar-refractivity contribution in [1.82, 2.24) is 4.90 Å². The number of hydrogen-bond acceptors (Lipinski definition) is 4. The van der Waals surface area contributed by atoms with Crippen LogP contribution in [0.1, 0.15) is 52.0 Å². The molecule has 1 amide bonds. The minimum Gasteiger partial charge on any atom is -0.444 e. The number of rotatable bonds is 6. The fraction of sp³-hybridized carbons (Fsp3) is 0.619. The molecular formula is C21H31NO4S. The third-order valence-electron chi connectivity index (χ3n) is 4.75. The Bertz CT molecular complexity index is 670. The van der Waals surface area contributed by atoms with E-state index in [0.717, 1.165) is 36.1 Å². The van der Waals surface area contributed by atoms with Crippen LogP contribution in [-0.4, -0.2) is 45.9 Å². The number of carbonyl (C=O) groups is 2. The Kier molecular flexibility index (Phi) is 7.59. The first kappa shape index (κ1) is 21.6. The number of Topliss-reactive ketones (excluding diaryl/α,β-unsaturated/α-hetero) is 1. The van der Waals surface area contributed by atoms with Crippen LogP contribution in [0.5, 0.6) is 0 Å². The third-order valence-corrected chi connectivity index (χ3v) is 5.68. The zero-order chi connectivity index (χ0) is 20.0. The number of aryl methyl sites for hydroxylation is 1. The molecule has 5 nitrogen and oxygen atoms in total. The van der Waals surface area contributed by atoms with Crippen LogP contribution in [0.25, 0.3) is 0 Å². The summed E-state index contributed by atoms with van der Waals surface area (Å²) in [6, 6.07) is 7.75. The number of ether oxygens (including phenoxy) is 1. The van der Waals surface area contributed by atoms with Gasteiger partial charge in [-0.2, -0.15) is 0 Å². The van der Waals surface area contributed by atoms with Crippen molar-refractivity contribution in [2.24, 2.45) is 5.92 Å². The molecule has 0 aromatic heterocycles. The largest absolute Gasteiger partial charge is 0.444 e. The van der Waals surface area contributed by atoms with E-state index >= 15 is 0 Å². The number of nitrogens with zero attached hydrogens (tertiary/aromatic N) is 1. The predicted molar refractivity (Wildman–Crippen MR) is 107 cm³/mol. The van der Waals surface area contributed by atoms with Crippen molar-refractivity contribution in [3.63, 3.8) is 0 Å². The Hall–Kier alpha value is -1.69. The van der Waals surface area contributed by atoms with Gasteiger partial charge < -0.3 is 9.64 Å². The van der Waals surface area contributed by atoms with Crippen LogP contribution in [0.15, 0.2) is 29.2 Å². The smallest absolute Gasteiger partial charge is 0.410 e. The summed E-state index contributed by atoms with van der Waals surface area (Å²) in [5.41, 5.74) is 0.672. The summed E-state index contributed by atoms with van der Waals surface area (Å²) in [6.07, 6.45) is 5.05. The first-order valence-electron chi connectivity index (χ1n) is 9.59. The number of amides is 1. The van der Waals surface area contributed by atoms with Gasteiger partial charge in [-0.3, -0.25) is 9.00 Å². The van der Waals surface area contributed by atoms with Gasteiger partial charge in [0.25, 0.3) is 0 Å². The number of likely N-dealkylation sites (tertiary alicyclic amines) is 1. The predicted octanol–water partition coefficient (Wildman–Crippen LogP) is 3.96. The van der Waals surface area contributed by atoms with Crippen molar-refractivity contribution in [2.75, 3.05) is 19.3 Å². The van der Waals surface area contributed by atoms with Gasteiger partial charge in [-0.05, 0) is 64.2 Å². The van der Waals surface area contributed by atoms with E-state index < -0.39 is 16.4 Å². The van der Waals surface area contributed by atoms with Gasteiger partial charge >= 0.3 is 6.09 Å². The van der Waals surface area contributed by atoms with E-state index in [4.69, 9.17) is 4.74 Å². The maximum atomic E-state index is 12.5. The second-order valence-corrected chi connectivity index (χ2v) is 9.54. The minimum atomic E-state index is -0.957. The van der Waals surface area contributed by atoms with Crippen LogP contribution in [0, 0.1) is 5.92 Å². The van der Waals surface area contributed by atoms with Gasteiger partial charge in [-0.25, -0.2) is 4.79 Å². The highest BCUT2D eigenvalue weighted by Gasteiger charge is 2.29. The van der Waals surface area contributed by atoms with Crippen molar-refractivity contribution in [3.05, 3.63) is 29.8 Å². The SMILES string of the molecule is CS(=O)c1ccc(CCCC(=O)C2CCN(C(=O)OC(C)(C)C)CC2)cc1. The fourth-order valence-corrected chi connectivity index (χ4v) is 3.75. The van der Waals surface area contributed by atoms with Gasteiger partial charge in [-0.1, -0.05) is 12.1 Å². The van der Waals surface area contributed by atoms with Crippen LogP contribution in [-0.2, 0) is 26.8 Å². The summed E-state index contributed by atoms with van der Waals surface area (Å²) in [7, 11) is -0.957. The van der Waals surface area contributed by atoms with Gasteiger partial charge in [0.15, 0.2) is 0 Å². The van der Waals surface area contributed by atoms with E-state index in [2.05, 4.69) is 0 Å². The highest BCUT2D eigenvalue weighted by atomic mass is 32.2. The van der Waals surface area contributed by atoms with Crippen LogP contribution in [0.2, 0.25) is 0 Å². The van der Waals surface area contributed by atoms with Crippen molar-refractivity contribution in [1.29, 1.82) is 0 Å². The van der Waals surface area contributed by atoms with Gasteiger partial charge in [0, 0.05) is 47.4 Å². The Morgan fingerprint density at radius 3 is 2.26 bits per heavy atom. The number of piperidine rings is 1. The summed E-state index contributed by atoms with van der Waals surface area (Å²) >= 11 is 0. The third kappa shape index (κ3) is 7.09. The van der Waals surface area contributed by atoms with E-state index in [1.165, 1.54) is 0 Å². The molecule has 0 radical (unpaired) electrons. The second kappa shape index (κ2) is 9.49. The second-order valence-electron chi connectivity index (χ2n) is 8.16. The normalized spacial score (nSPS) is 16.8. The van der Waals surface area contributed by atoms with Gasteiger partial charge in [0.2, 0.25) is 0 Å². The topological polar surface area (TPSA) is 63.7 Å². The van der Waals surface area contributed by atoms with Gasteiger partial charge in [-0.15, -0.1) is 0 Å². The lowest BCUT2D eigenvalue weighted by Gasteiger charge is -2.33. The zero-order valence-corrected chi connectivity index (χ0v) is 17.6. The Balaban J connectivity index is 1.71. The molecular weight excluding hydrogens is 362 g/mol. The fourth-order valence-electron chi connectivity index (χ4n) is 3.23. The van der Waals surface area contributed by atoms with E-state index in [9.17, 15) is 13.8 Å². The molecule has 2 rings (SSSR count). The van der Waals surface area contributed by atoms with Crippen molar-refractivity contribution in [3.8, 4) is 0 Å². The molecule has 1 saturated heterocycles. The number of carbonyl (C=O) groups excluding carboxylic acids is 2. The van der Waals surface area contributed by atoms with Crippen LogP contribution in [0.3, 0.4) is 0 Å². The molecule has 1 aliphatic rings. The lowest BCUT2D eigenvalue weighted by atomic mass is 9.90. The average molecular weight is 394 g/mol. The molecule has 1 atom stereocenters. The first-order valence-corrected chi connectivity index (χ1v) is 11.1. The number of ketones is 1. The van der Waals surface area contributed by atoms with Crippen molar-refractivity contribution >= 4 is 22.7 Å². The zero-order valence-electron chi connectivity index (χ0n) is 16.8. The molecule has 1 heterocycles. The summed E-state index contributed by atoms with van der Waals surface area (Å²) in [4.78, 5) is 27.1. The van der Waals surface area contributed by atoms with Crippen LogP contribution < -0.4 is 0 Å². The Labute approximate surface area is 164 Å². The van der Waals surface area contributed by atoms with Gasteiger partial charge in [0.05, 0.1) is 0 Å². The Morgan fingerprint density at radius 2 is 1.74 bits per heavy atom. The standard InChI is InChI=1S/C21H31NO4S/c1-21(2,3)26-20(24)22-14-12-17(13-15-22)19(23)7-5-6-16-8-10-18(11-9-16)27(4)25/h8-11,17H,5-7,12-15H2,1-4H3. The quantitative estimate of drug-likeness (QED) is 0.734. The number of benzene rings is 1. The van der Waals surface area contributed by atoms with E-state index in [1.807, 2.05) is 45.0 Å². The van der Waals surface area contributed by atoms with Crippen LogP contribution in [0.4, 0.5) is 4.79 Å². The molecule has 1 fully saturated rings. The van der Waals surface area contributed by atoms with E-state index in [1.54, 1.807) is 11.2 Å². The summed E-state index contributed by atoms with van der Waals surface area (Å²) < 4.78 is 16.8. The lowest BCUT2D eigenvalue weighted by Crippen LogP contribution is -2.42. The minimum absolute atomic E-state index is 0.0496. The summed E-state index contributed by atoms with van der Waals surface area (Å²) in [5, 5.41) is 0. The molecule has 150 valence electrons. The molecule has 1 aliphatic heterocycles. The molecule has 27 heavy (non-hydrogen) atoms. The van der Waals surface area contributed by atoms with E-state index in [-0.39, 0.29) is 12.0 Å². The van der Waals surface area contributed by atoms with Crippen molar-refractivity contribution in [2.45, 2.75) is 63.4 Å². The molecule has 0 bridgehead atoms. The maximum Gasteiger partial charge on any atom is 0.410 e. The molecule has 6 heteroatoms. The van der Waals surface area contributed by atoms with Gasteiger partial charge in [0.1, 0.15) is 11.4 Å². The first-order chi connectivity index (χ1) is 12.7. The average Bonchev–Trinajstić information content (AvgIpc) is 2.60. The molecule has 1 unspecified atom stereocenters. The summed E-state index contributed by atoms with van der Waals surface area (Å²) in [6.45, 7) is 6.74. The molecule has 0 aliphatic carbocycles. The highest BCUT2D eigenvalue weighted by molar-refractivity contribution is 7.84. The molecule has 0 saturated carbocycles. The van der Waals surface area contributed by atoms with Crippen LogP contribution >= 0.6 is 0 Å². The molecule has 1 aromatic rings. The molecule has 0 spiro atoms. The number of hydrogen-bond donors (Lipinski definition) is 0. The maximum absolute atomic E-state index is 12.5. The monoisotopic (exact) mass is 393 g/mol. The molecule has 0 N–H and O–H groups in total. The summed E-state index contributed by atoms with van der Waals surface area (Å²) in [5.74, 6) is 0.346. The van der Waals surface area contributed by atoms with E-state index in [0.29, 0.717) is 25.3 Å². The Morgan fingerprint density at radius 1 is 1.15 bits per heavy atom.